The molecule has 6 rings (SSSR count). The van der Waals surface area contributed by atoms with Crippen LogP contribution in [0.2, 0.25) is 0 Å². The van der Waals surface area contributed by atoms with E-state index in [-0.39, 0.29) is 30.2 Å². The number of methoxy groups -OCH3 is 1. The van der Waals surface area contributed by atoms with Gasteiger partial charge in [-0.3, -0.25) is 24.6 Å². The average Bonchev–Trinajstić information content (AvgIpc) is 3.19. The Morgan fingerprint density at radius 2 is 1.78 bits per heavy atom. The molecule has 0 bridgehead atoms. The highest BCUT2D eigenvalue weighted by molar-refractivity contribution is 6.05. The number of carbonyl (C=O) groups is 3. The molecule has 2 aromatic rings. The molecule has 3 heterocycles. The van der Waals surface area contributed by atoms with Gasteiger partial charge in [-0.25, -0.2) is 0 Å². The van der Waals surface area contributed by atoms with E-state index in [0.29, 0.717) is 30.5 Å². The molecule has 0 spiro atoms. The number of rotatable bonds is 6. The van der Waals surface area contributed by atoms with Crippen molar-refractivity contribution in [2.75, 3.05) is 20.2 Å². The quantitative estimate of drug-likeness (QED) is 0.609. The summed E-state index contributed by atoms with van der Waals surface area (Å²) in [6, 6.07) is 13.8. The Bertz CT molecular complexity index is 1220. The minimum atomic E-state index is -0.603. The summed E-state index contributed by atoms with van der Waals surface area (Å²) in [7, 11) is 1.71. The molecule has 37 heavy (non-hydrogen) atoms. The van der Waals surface area contributed by atoms with Gasteiger partial charge in [-0.05, 0) is 67.1 Å². The van der Waals surface area contributed by atoms with Crippen molar-refractivity contribution >= 4 is 17.7 Å². The number of nitrogens with zero attached hydrogens (tertiary/aromatic N) is 2. The van der Waals surface area contributed by atoms with Gasteiger partial charge in [0.15, 0.2) is 0 Å². The minimum Gasteiger partial charge on any atom is -0.497 e. The van der Waals surface area contributed by atoms with Crippen LogP contribution in [0.4, 0.5) is 0 Å². The lowest BCUT2D eigenvalue weighted by Crippen LogP contribution is -2.57. The Hall–Kier alpha value is -3.39. The van der Waals surface area contributed by atoms with E-state index in [1.54, 1.807) is 12.0 Å². The van der Waals surface area contributed by atoms with Crippen molar-refractivity contribution in [2.24, 2.45) is 0 Å². The van der Waals surface area contributed by atoms with Crippen LogP contribution in [-0.4, -0.2) is 65.9 Å². The molecular formula is C29H33N3O5. The van der Waals surface area contributed by atoms with Gasteiger partial charge in [0.2, 0.25) is 11.8 Å². The number of hydrogen-bond acceptors (Lipinski definition) is 6. The van der Waals surface area contributed by atoms with Crippen LogP contribution in [0.15, 0.2) is 42.5 Å². The van der Waals surface area contributed by atoms with E-state index in [4.69, 9.17) is 9.47 Å². The fraction of sp³-hybridized carbons (Fsp3) is 0.483. The maximum absolute atomic E-state index is 13.0. The van der Waals surface area contributed by atoms with Gasteiger partial charge in [0.1, 0.15) is 23.6 Å². The number of hydrogen-bond donors (Lipinski definition) is 1. The lowest BCUT2D eigenvalue weighted by molar-refractivity contribution is -0.136. The van der Waals surface area contributed by atoms with Crippen LogP contribution in [-0.2, 0) is 16.1 Å². The summed E-state index contributed by atoms with van der Waals surface area (Å²) in [4.78, 5) is 41.0. The molecule has 1 N–H and O–H groups in total. The van der Waals surface area contributed by atoms with E-state index < -0.39 is 6.04 Å². The number of nitrogens with one attached hydrogen (secondary N) is 1. The van der Waals surface area contributed by atoms with Crippen molar-refractivity contribution in [1.82, 2.24) is 15.1 Å². The first kappa shape index (κ1) is 24.0. The Morgan fingerprint density at radius 3 is 2.59 bits per heavy atom. The standard InChI is InChI=1S/C29H33N3O5/c1-36-21-6-4-5-18(13-21)20-15-31(16-20)24-7-2-3-8-26(24)37-22-9-10-23-19(14-22)17-32(29(23)35)25-11-12-27(33)30-28(25)34/h4-6,9-10,13-14,20,24-26H,2-3,7-8,11-12,15-17H2,1H3,(H,30,33,34)/t24-,25?,26-/m1/s1. The highest BCUT2D eigenvalue weighted by atomic mass is 16.5. The van der Waals surface area contributed by atoms with E-state index in [1.165, 1.54) is 12.0 Å². The van der Waals surface area contributed by atoms with Gasteiger partial charge in [0, 0.05) is 43.6 Å². The van der Waals surface area contributed by atoms with Crippen LogP contribution in [0.25, 0.3) is 0 Å². The van der Waals surface area contributed by atoms with Crippen LogP contribution in [0.3, 0.4) is 0 Å². The van der Waals surface area contributed by atoms with Gasteiger partial charge in [-0.15, -0.1) is 0 Å². The van der Waals surface area contributed by atoms with Gasteiger partial charge < -0.3 is 14.4 Å². The predicted octanol–water partition coefficient (Wildman–Crippen LogP) is 3.25. The molecule has 3 amide bonds. The zero-order valence-electron chi connectivity index (χ0n) is 21.2. The van der Waals surface area contributed by atoms with E-state index in [0.717, 1.165) is 49.4 Å². The molecule has 4 aliphatic rings. The lowest BCUT2D eigenvalue weighted by atomic mass is 9.84. The molecule has 8 nitrogen and oxygen atoms in total. The number of carbonyl (C=O) groups excluding carboxylic acids is 3. The number of imide groups is 1. The van der Waals surface area contributed by atoms with Crippen molar-refractivity contribution < 1.29 is 23.9 Å². The predicted molar refractivity (Wildman–Crippen MR) is 136 cm³/mol. The molecule has 3 fully saturated rings. The summed E-state index contributed by atoms with van der Waals surface area (Å²) in [5.74, 6) is 1.37. The van der Waals surface area contributed by atoms with Crippen molar-refractivity contribution in [1.29, 1.82) is 0 Å². The summed E-state index contributed by atoms with van der Waals surface area (Å²) in [6.45, 7) is 2.41. The van der Waals surface area contributed by atoms with Gasteiger partial charge in [-0.2, -0.15) is 0 Å². The van der Waals surface area contributed by atoms with Crippen LogP contribution in [0.1, 0.15) is 65.9 Å². The third kappa shape index (κ3) is 4.59. The minimum absolute atomic E-state index is 0.112. The number of benzene rings is 2. The van der Waals surface area contributed by atoms with Gasteiger partial charge in [0.05, 0.1) is 7.11 Å². The number of amides is 3. The Morgan fingerprint density at radius 1 is 0.946 bits per heavy atom. The maximum Gasteiger partial charge on any atom is 0.255 e. The lowest BCUT2D eigenvalue weighted by Gasteiger charge is -2.48. The van der Waals surface area contributed by atoms with Gasteiger partial charge in [0.25, 0.3) is 5.91 Å². The Kier molecular flexibility index (Phi) is 6.36. The first-order chi connectivity index (χ1) is 18.0. The Balaban J connectivity index is 1.11. The van der Waals surface area contributed by atoms with Gasteiger partial charge in [-0.1, -0.05) is 18.6 Å². The van der Waals surface area contributed by atoms with Gasteiger partial charge >= 0.3 is 0 Å². The highest BCUT2D eigenvalue weighted by Crippen LogP contribution is 2.37. The SMILES string of the molecule is COc1cccc(C2CN([C@@H]3CCCC[C@H]3Oc3ccc4c(c3)CN(C3CCC(=O)NC3=O)C4=O)C2)c1. The smallest absolute Gasteiger partial charge is 0.255 e. The maximum atomic E-state index is 13.0. The fourth-order valence-electron chi connectivity index (χ4n) is 6.32. The second kappa shape index (κ2) is 9.82. The first-order valence-electron chi connectivity index (χ1n) is 13.3. The molecule has 2 aromatic carbocycles. The average molecular weight is 504 g/mol. The first-order valence-corrected chi connectivity index (χ1v) is 13.3. The Labute approximate surface area is 216 Å². The molecule has 1 saturated carbocycles. The molecular weight excluding hydrogens is 470 g/mol. The molecule has 3 aliphatic heterocycles. The molecule has 194 valence electrons. The topological polar surface area (TPSA) is 88.2 Å². The normalized spacial score (nSPS) is 26.5. The number of piperidine rings is 1. The summed E-state index contributed by atoms with van der Waals surface area (Å²) in [6.07, 6.45) is 5.24. The zero-order chi connectivity index (χ0) is 25.5. The van der Waals surface area contributed by atoms with Crippen LogP contribution in [0.5, 0.6) is 11.5 Å². The summed E-state index contributed by atoms with van der Waals surface area (Å²) < 4.78 is 12.0. The van der Waals surface area contributed by atoms with Crippen LogP contribution in [0, 0.1) is 0 Å². The molecule has 0 radical (unpaired) electrons. The number of fused-ring (bicyclic) bond motifs is 1. The molecule has 8 heteroatoms. The zero-order valence-corrected chi connectivity index (χ0v) is 21.2. The molecule has 1 aliphatic carbocycles. The monoisotopic (exact) mass is 503 g/mol. The highest BCUT2D eigenvalue weighted by Gasteiger charge is 2.41. The summed E-state index contributed by atoms with van der Waals surface area (Å²) in [5, 5.41) is 2.36. The van der Waals surface area contributed by atoms with E-state index in [1.807, 2.05) is 24.3 Å². The van der Waals surface area contributed by atoms with Crippen molar-refractivity contribution in [3.05, 3.63) is 59.2 Å². The largest absolute Gasteiger partial charge is 0.497 e. The molecule has 2 saturated heterocycles. The van der Waals surface area contributed by atoms with E-state index in [2.05, 4.69) is 28.4 Å². The third-order valence-electron chi connectivity index (χ3n) is 8.39. The fourth-order valence-corrected chi connectivity index (χ4v) is 6.32. The summed E-state index contributed by atoms with van der Waals surface area (Å²) >= 11 is 0. The van der Waals surface area contributed by atoms with E-state index >= 15 is 0 Å². The van der Waals surface area contributed by atoms with E-state index in [9.17, 15) is 14.4 Å². The van der Waals surface area contributed by atoms with Crippen molar-refractivity contribution in [3.8, 4) is 11.5 Å². The van der Waals surface area contributed by atoms with Crippen molar-refractivity contribution in [2.45, 2.75) is 69.2 Å². The molecule has 1 unspecified atom stereocenters. The molecule has 3 atom stereocenters. The second-order valence-corrected chi connectivity index (χ2v) is 10.7. The van der Waals surface area contributed by atoms with Crippen LogP contribution < -0.4 is 14.8 Å². The second-order valence-electron chi connectivity index (χ2n) is 10.7. The van der Waals surface area contributed by atoms with Crippen LogP contribution >= 0.6 is 0 Å². The summed E-state index contributed by atoms with van der Waals surface area (Å²) in [5.41, 5.74) is 2.82. The number of ether oxygens (including phenoxy) is 2. The number of likely N-dealkylation sites (tertiary alicyclic amines) is 1. The molecule has 0 aromatic heterocycles. The third-order valence-corrected chi connectivity index (χ3v) is 8.39. The van der Waals surface area contributed by atoms with Crippen molar-refractivity contribution in [3.63, 3.8) is 0 Å².